The second-order valence-corrected chi connectivity index (χ2v) is 1.70. The molecule has 0 N–H and O–H groups in total. The molecule has 0 aliphatic rings. The first-order valence-corrected chi connectivity index (χ1v) is 3.61. The van der Waals surface area contributed by atoms with E-state index in [0.29, 0.717) is 0 Å². The van der Waals surface area contributed by atoms with Crippen molar-refractivity contribution in [2.24, 2.45) is 0 Å². The molecule has 8 heavy (non-hydrogen) atoms. The van der Waals surface area contributed by atoms with Gasteiger partial charge in [0.2, 0.25) is 0 Å². The van der Waals surface area contributed by atoms with Gasteiger partial charge in [0.05, 0.1) is 0 Å². The van der Waals surface area contributed by atoms with Gasteiger partial charge in [0.15, 0.2) is 0 Å². The third-order valence-electron chi connectivity index (χ3n) is 0.252. The minimum atomic E-state index is 1.47. The largest absolute Gasteiger partial charge is 0.0933 e. The van der Waals surface area contributed by atoms with Crippen LogP contribution in [0.1, 0.15) is 13.8 Å². The summed E-state index contributed by atoms with van der Waals surface area (Å²) in [7, 11) is 0. The van der Waals surface area contributed by atoms with Crippen LogP contribution in [0.25, 0.3) is 0 Å². The van der Waals surface area contributed by atoms with Crippen LogP contribution in [0, 0.1) is 0 Å². The summed E-state index contributed by atoms with van der Waals surface area (Å²) in [4.78, 5) is 1.81. The fourth-order valence-corrected chi connectivity index (χ4v) is 0. The van der Waals surface area contributed by atoms with Crippen LogP contribution in [0.3, 0.4) is 0 Å². The van der Waals surface area contributed by atoms with Crippen molar-refractivity contribution in [1.82, 2.24) is 0 Å². The first kappa shape index (κ1) is 11.1. The van der Waals surface area contributed by atoms with Gasteiger partial charge < -0.3 is 0 Å². The molecule has 0 radical (unpaired) electrons. The molecule has 0 rings (SSSR count). The van der Waals surface area contributed by atoms with Crippen LogP contribution in [0.5, 0.6) is 0 Å². The number of hydrogen-bond acceptors (Lipinski definition) is 0. The Hall–Kier alpha value is 0.250. The highest BCUT2D eigenvalue weighted by molar-refractivity contribution is 9.11. The predicted molar refractivity (Wildman–Crippen MR) is 44.4 cm³/mol. The highest BCUT2D eigenvalue weighted by atomic mass is 79.9. The maximum Gasteiger partial charge on any atom is -0.0000330 e. The van der Waals surface area contributed by atoms with Gasteiger partial charge in [0, 0.05) is 0 Å². The summed E-state index contributed by atoms with van der Waals surface area (Å²) in [5.41, 5.74) is 1.47. The van der Waals surface area contributed by atoms with Crippen molar-refractivity contribution >= 4 is 27.5 Å². The SMILES string of the molecule is C/C=C/Br.C/C=C/Cl. The molecular formula is C6H10BrCl. The Kier molecular flexibility index (Phi) is 21.8. The number of hydrogen-bond donors (Lipinski definition) is 0. The minimum Gasteiger partial charge on any atom is -0.0933 e. The highest BCUT2D eigenvalue weighted by Crippen LogP contribution is 1.76. The lowest BCUT2D eigenvalue weighted by atomic mass is 10.8. The lowest BCUT2D eigenvalue weighted by molar-refractivity contribution is 1.78. The molecule has 0 aliphatic carbocycles. The summed E-state index contributed by atoms with van der Waals surface area (Å²) in [6, 6.07) is 0. The Bertz CT molecular complexity index is 48.9. The van der Waals surface area contributed by atoms with Crippen molar-refractivity contribution in [2.45, 2.75) is 13.8 Å². The van der Waals surface area contributed by atoms with Crippen LogP contribution in [0.4, 0.5) is 0 Å². The van der Waals surface area contributed by atoms with Gasteiger partial charge in [0.25, 0.3) is 0 Å². The molecule has 0 heterocycles. The van der Waals surface area contributed by atoms with Gasteiger partial charge in [-0.15, -0.1) is 0 Å². The fourth-order valence-electron chi connectivity index (χ4n) is 0. The van der Waals surface area contributed by atoms with Gasteiger partial charge in [-0.2, -0.15) is 0 Å². The third-order valence-corrected chi connectivity index (χ3v) is 1.03. The number of rotatable bonds is 0. The van der Waals surface area contributed by atoms with E-state index >= 15 is 0 Å². The standard InChI is InChI=1S/C3H5Br.C3H5Cl/c2*1-2-3-4/h2*2-3H,1H3/b2*3-2+. The van der Waals surface area contributed by atoms with Crippen molar-refractivity contribution in [2.75, 3.05) is 0 Å². The summed E-state index contributed by atoms with van der Waals surface area (Å²) in [5, 5.41) is 0. The average molecular weight is 198 g/mol. The van der Waals surface area contributed by atoms with E-state index in [0.717, 1.165) is 0 Å². The summed E-state index contributed by atoms with van der Waals surface area (Å²) in [5.74, 6) is 0. The molecule has 0 bridgehead atoms. The van der Waals surface area contributed by atoms with Gasteiger partial charge in [-0.3, -0.25) is 0 Å². The Morgan fingerprint density at radius 3 is 1.50 bits per heavy atom. The Morgan fingerprint density at radius 2 is 1.50 bits per heavy atom. The van der Waals surface area contributed by atoms with Crippen molar-refractivity contribution in [3.05, 3.63) is 22.7 Å². The van der Waals surface area contributed by atoms with Gasteiger partial charge in [-0.1, -0.05) is 39.7 Å². The number of halogens is 2. The number of allylic oxidation sites excluding steroid dienone is 2. The summed E-state index contributed by atoms with van der Waals surface area (Å²) >= 11 is 8.07. The topological polar surface area (TPSA) is 0 Å². The molecule has 0 atom stereocenters. The Balaban J connectivity index is 0. The first-order valence-electron chi connectivity index (χ1n) is 2.26. The van der Waals surface area contributed by atoms with Gasteiger partial charge in [0.1, 0.15) is 0 Å². The fraction of sp³-hybridized carbons (Fsp3) is 0.333. The average Bonchev–Trinajstić information content (AvgIpc) is 1.88. The normalized spacial score (nSPS) is 9.50. The maximum absolute atomic E-state index is 5.01. The van der Waals surface area contributed by atoms with E-state index in [2.05, 4.69) is 15.9 Å². The van der Waals surface area contributed by atoms with Crippen LogP contribution < -0.4 is 0 Å². The third kappa shape index (κ3) is 34.0. The van der Waals surface area contributed by atoms with Crippen molar-refractivity contribution < 1.29 is 0 Å². The molecule has 0 nitrogen and oxygen atoms in total. The van der Waals surface area contributed by atoms with Crippen molar-refractivity contribution in [1.29, 1.82) is 0 Å². The zero-order valence-electron chi connectivity index (χ0n) is 5.07. The zero-order chi connectivity index (χ0) is 6.83. The molecule has 0 amide bonds. The first-order chi connectivity index (χ1) is 3.83. The van der Waals surface area contributed by atoms with E-state index < -0.39 is 0 Å². The molecule has 0 aliphatic heterocycles. The summed E-state index contributed by atoms with van der Waals surface area (Å²) in [6.07, 6.45) is 3.68. The zero-order valence-corrected chi connectivity index (χ0v) is 7.41. The van der Waals surface area contributed by atoms with E-state index in [1.807, 2.05) is 24.9 Å². The van der Waals surface area contributed by atoms with Crippen LogP contribution in [0.2, 0.25) is 0 Å². The van der Waals surface area contributed by atoms with Gasteiger partial charge >= 0.3 is 0 Å². The summed E-state index contributed by atoms with van der Waals surface area (Å²) < 4.78 is 0. The quantitative estimate of drug-likeness (QED) is 0.556. The molecule has 0 aromatic rings. The smallest absolute Gasteiger partial charge is 0.0000330 e. The monoisotopic (exact) mass is 196 g/mol. The van der Waals surface area contributed by atoms with E-state index in [9.17, 15) is 0 Å². The molecule has 0 saturated carbocycles. The molecule has 0 spiro atoms. The van der Waals surface area contributed by atoms with Crippen LogP contribution >= 0.6 is 27.5 Å². The molecule has 0 aromatic carbocycles. The van der Waals surface area contributed by atoms with E-state index in [1.165, 1.54) is 5.54 Å². The van der Waals surface area contributed by atoms with Gasteiger partial charge in [-0.05, 0) is 24.4 Å². The molecule has 0 aromatic heterocycles. The van der Waals surface area contributed by atoms with Crippen LogP contribution in [-0.2, 0) is 0 Å². The van der Waals surface area contributed by atoms with E-state index in [4.69, 9.17) is 11.6 Å². The van der Waals surface area contributed by atoms with E-state index in [-0.39, 0.29) is 0 Å². The van der Waals surface area contributed by atoms with Gasteiger partial charge in [-0.25, -0.2) is 0 Å². The summed E-state index contributed by atoms with van der Waals surface area (Å²) in [6.45, 7) is 3.82. The highest BCUT2D eigenvalue weighted by Gasteiger charge is 1.37. The lowest BCUT2D eigenvalue weighted by Gasteiger charge is -1.47. The van der Waals surface area contributed by atoms with Crippen molar-refractivity contribution in [3.8, 4) is 0 Å². The molecule has 2 heteroatoms. The van der Waals surface area contributed by atoms with Crippen LogP contribution in [0.15, 0.2) is 22.7 Å². The molecule has 0 fully saturated rings. The van der Waals surface area contributed by atoms with Crippen molar-refractivity contribution in [3.63, 3.8) is 0 Å². The Labute approximate surface area is 64.4 Å². The molecule has 0 unspecified atom stereocenters. The van der Waals surface area contributed by atoms with Crippen LogP contribution in [-0.4, -0.2) is 0 Å². The predicted octanol–water partition coefficient (Wildman–Crippen LogP) is 3.67. The second-order valence-electron chi connectivity index (χ2n) is 0.919. The molecular weight excluding hydrogens is 187 g/mol. The minimum absolute atomic E-state index is 1.47. The second kappa shape index (κ2) is 15.7. The van der Waals surface area contributed by atoms with E-state index in [1.54, 1.807) is 6.08 Å². The Morgan fingerprint density at radius 1 is 1.25 bits per heavy atom. The molecule has 0 saturated heterocycles. The lowest BCUT2D eigenvalue weighted by Crippen LogP contribution is -1.20. The maximum atomic E-state index is 5.01. The molecule has 48 valence electrons.